The summed E-state index contributed by atoms with van der Waals surface area (Å²) >= 11 is 0. The molecule has 2 bridgehead atoms. The summed E-state index contributed by atoms with van der Waals surface area (Å²) in [5.41, 5.74) is 0. The second-order valence-corrected chi connectivity index (χ2v) is 8.59. The number of methoxy groups -OCH3 is 1. The van der Waals surface area contributed by atoms with Gasteiger partial charge in [-0.15, -0.1) is 12.4 Å². The highest BCUT2D eigenvalue weighted by Crippen LogP contribution is 2.31. The van der Waals surface area contributed by atoms with Crippen molar-refractivity contribution in [3.63, 3.8) is 0 Å². The third kappa shape index (κ3) is 4.65. The molecule has 8 heteroatoms. The van der Waals surface area contributed by atoms with E-state index in [2.05, 4.69) is 5.32 Å². The number of piperidine rings is 1. The maximum absolute atomic E-state index is 12.9. The van der Waals surface area contributed by atoms with Crippen LogP contribution < -0.4 is 10.1 Å². The molecule has 2 atom stereocenters. The van der Waals surface area contributed by atoms with Crippen molar-refractivity contribution in [3.8, 4) is 5.75 Å². The minimum absolute atomic E-state index is 0. The lowest BCUT2D eigenvalue weighted by Crippen LogP contribution is -2.48. The number of benzene rings is 1. The molecular weight excluding hydrogens is 364 g/mol. The van der Waals surface area contributed by atoms with Gasteiger partial charge in [0.1, 0.15) is 12.4 Å². The van der Waals surface area contributed by atoms with E-state index in [1.807, 2.05) is 0 Å². The smallest absolute Gasteiger partial charge is 0.243 e. The van der Waals surface area contributed by atoms with Crippen molar-refractivity contribution in [1.82, 2.24) is 9.62 Å². The normalized spacial score (nSPS) is 25.6. The van der Waals surface area contributed by atoms with E-state index in [-0.39, 0.29) is 18.4 Å². The van der Waals surface area contributed by atoms with Gasteiger partial charge in [-0.3, -0.25) is 0 Å². The topological polar surface area (TPSA) is 67.9 Å². The first-order valence-corrected chi connectivity index (χ1v) is 9.90. The van der Waals surface area contributed by atoms with Gasteiger partial charge in [0.25, 0.3) is 0 Å². The van der Waals surface area contributed by atoms with E-state index in [1.165, 1.54) is 0 Å². The molecule has 25 heavy (non-hydrogen) atoms. The first-order valence-electron chi connectivity index (χ1n) is 8.46. The fourth-order valence-corrected chi connectivity index (χ4v) is 5.01. The molecular formula is C17H27ClN2O4S. The lowest BCUT2D eigenvalue weighted by molar-refractivity contribution is 0.146. The van der Waals surface area contributed by atoms with Crippen molar-refractivity contribution in [2.24, 2.45) is 0 Å². The zero-order valence-electron chi connectivity index (χ0n) is 14.7. The largest absolute Gasteiger partial charge is 0.491 e. The first kappa shape index (κ1) is 20.5. The Balaban J connectivity index is 0.00000225. The van der Waals surface area contributed by atoms with Gasteiger partial charge in [-0.2, -0.15) is 4.31 Å². The second kappa shape index (κ2) is 8.68. The molecule has 2 heterocycles. The Hall–Kier alpha value is -0.860. The molecule has 142 valence electrons. The standard InChI is InChI=1S/C17H26N2O4S.ClH/c1-19(15-11-13-3-4-14(12-15)18-13)24(20,21)17-7-5-16(6-8-17)23-10-9-22-2;/h5-8,13-15,18H,3-4,9-12H2,1-2H3;1H. The Morgan fingerprint density at radius 2 is 1.72 bits per heavy atom. The van der Waals surface area contributed by atoms with Crippen molar-refractivity contribution in [2.45, 2.75) is 48.7 Å². The SMILES string of the molecule is COCCOc1ccc(S(=O)(=O)N(C)C2CC3CCC(C2)N3)cc1.Cl. The molecule has 0 amide bonds. The molecule has 2 aliphatic rings. The van der Waals surface area contributed by atoms with Crippen LogP contribution in [0.1, 0.15) is 25.7 Å². The molecule has 0 saturated carbocycles. The van der Waals surface area contributed by atoms with Crippen molar-refractivity contribution in [3.05, 3.63) is 24.3 Å². The van der Waals surface area contributed by atoms with Crippen LogP contribution in [0.3, 0.4) is 0 Å². The third-order valence-corrected chi connectivity index (χ3v) is 6.94. The number of rotatable bonds is 7. The maximum atomic E-state index is 12.9. The third-order valence-electron chi connectivity index (χ3n) is 5.02. The van der Waals surface area contributed by atoms with Crippen molar-refractivity contribution in [1.29, 1.82) is 0 Å². The second-order valence-electron chi connectivity index (χ2n) is 6.60. The Bertz CT molecular complexity index is 641. The Morgan fingerprint density at radius 1 is 1.12 bits per heavy atom. The van der Waals surface area contributed by atoms with Crippen LogP contribution in [0.4, 0.5) is 0 Å². The summed E-state index contributed by atoms with van der Waals surface area (Å²) in [5, 5.41) is 3.55. The lowest BCUT2D eigenvalue weighted by atomic mass is 10.0. The average molecular weight is 391 g/mol. The van der Waals surface area contributed by atoms with Gasteiger partial charge in [-0.05, 0) is 49.9 Å². The molecule has 3 rings (SSSR count). The van der Waals surface area contributed by atoms with Crippen molar-refractivity contribution < 1.29 is 17.9 Å². The number of hydrogen-bond acceptors (Lipinski definition) is 5. The molecule has 1 aromatic carbocycles. The fourth-order valence-electron chi connectivity index (χ4n) is 3.64. The number of halogens is 1. The molecule has 2 fully saturated rings. The summed E-state index contributed by atoms with van der Waals surface area (Å²) in [6, 6.07) is 7.62. The Labute approximate surface area is 156 Å². The van der Waals surface area contributed by atoms with Crippen LogP contribution in [0.25, 0.3) is 0 Å². The highest BCUT2D eigenvalue weighted by Gasteiger charge is 2.38. The van der Waals surface area contributed by atoms with Crippen LogP contribution in [0.15, 0.2) is 29.2 Å². The fraction of sp³-hybridized carbons (Fsp3) is 0.647. The number of hydrogen-bond donors (Lipinski definition) is 1. The predicted octanol–water partition coefficient (Wildman–Crippen LogP) is 2.04. The van der Waals surface area contributed by atoms with Crippen LogP contribution in [-0.4, -0.2) is 58.2 Å². The molecule has 1 aromatic rings. The van der Waals surface area contributed by atoms with Gasteiger partial charge in [0, 0.05) is 32.3 Å². The Morgan fingerprint density at radius 3 is 2.28 bits per heavy atom. The summed E-state index contributed by atoms with van der Waals surface area (Å²) < 4.78 is 37.7. The molecule has 2 aliphatic heterocycles. The summed E-state index contributed by atoms with van der Waals surface area (Å²) in [5.74, 6) is 0.647. The molecule has 1 N–H and O–H groups in total. The molecule has 0 aromatic heterocycles. The van der Waals surface area contributed by atoms with Crippen LogP contribution >= 0.6 is 12.4 Å². The number of fused-ring (bicyclic) bond motifs is 2. The molecule has 2 unspecified atom stereocenters. The van der Waals surface area contributed by atoms with E-state index in [9.17, 15) is 8.42 Å². The Kier molecular flexibility index (Phi) is 7.10. The van der Waals surface area contributed by atoms with Gasteiger partial charge in [0.2, 0.25) is 10.0 Å². The minimum Gasteiger partial charge on any atom is -0.491 e. The summed E-state index contributed by atoms with van der Waals surface area (Å²) in [4.78, 5) is 0.315. The molecule has 0 radical (unpaired) electrons. The van der Waals surface area contributed by atoms with E-state index in [4.69, 9.17) is 9.47 Å². The van der Waals surface area contributed by atoms with E-state index >= 15 is 0 Å². The van der Waals surface area contributed by atoms with Gasteiger partial charge in [0.05, 0.1) is 11.5 Å². The van der Waals surface area contributed by atoms with Gasteiger partial charge in [0.15, 0.2) is 0 Å². The van der Waals surface area contributed by atoms with Crippen LogP contribution in [-0.2, 0) is 14.8 Å². The molecule has 2 saturated heterocycles. The summed E-state index contributed by atoms with van der Waals surface area (Å²) in [6.45, 7) is 0.946. The van der Waals surface area contributed by atoms with E-state index in [0.717, 1.165) is 25.7 Å². The lowest BCUT2D eigenvalue weighted by Gasteiger charge is -2.34. The van der Waals surface area contributed by atoms with Gasteiger partial charge < -0.3 is 14.8 Å². The van der Waals surface area contributed by atoms with Gasteiger partial charge in [-0.25, -0.2) is 8.42 Å². The maximum Gasteiger partial charge on any atom is 0.243 e. The molecule has 0 aliphatic carbocycles. The van der Waals surface area contributed by atoms with Gasteiger partial charge >= 0.3 is 0 Å². The van der Waals surface area contributed by atoms with Crippen LogP contribution in [0, 0.1) is 0 Å². The first-order chi connectivity index (χ1) is 11.5. The monoisotopic (exact) mass is 390 g/mol. The number of nitrogens with one attached hydrogen (secondary N) is 1. The highest BCUT2D eigenvalue weighted by molar-refractivity contribution is 7.89. The number of ether oxygens (including phenoxy) is 2. The zero-order chi connectivity index (χ0) is 17.2. The van der Waals surface area contributed by atoms with E-state index < -0.39 is 10.0 Å². The quantitative estimate of drug-likeness (QED) is 0.721. The molecule has 6 nitrogen and oxygen atoms in total. The van der Waals surface area contributed by atoms with Gasteiger partial charge in [-0.1, -0.05) is 0 Å². The van der Waals surface area contributed by atoms with Crippen molar-refractivity contribution in [2.75, 3.05) is 27.4 Å². The zero-order valence-corrected chi connectivity index (χ0v) is 16.3. The van der Waals surface area contributed by atoms with Crippen molar-refractivity contribution >= 4 is 22.4 Å². The summed E-state index contributed by atoms with van der Waals surface area (Å²) in [6.07, 6.45) is 4.10. The predicted molar refractivity (Wildman–Crippen MR) is 99.0 cm³/mol. The number of nitrogens with zero attached hydrogens (tertiary/aromatic N) is 1. The van der Waals surface area contributed by atoms with E-state index in [0.29, 0.717) is 35.9 Å². The van der Waals surface area contributed by atoms with Crippen LogP contribution in [0.2, 0.25) is 0 Å². The summed E-state index contributed by atoms with van der Waals surface area (Å²) in [7, 11) is -0.159. The number of sulfonamides is 1. The van der Waals surface area contributed by atoms with Crippen LogP contribution in [0.5, 0.6) is 5.75 Å². The van der Waals surface area contributed by atoms with E-state index in [1.54, 1.807) is 42.7 Å². The minimum atomic E-state index is -3.47. The highest BCUT2D eigenvalue weighted by atomic mass is 35.5. The average Bonchev–Trinajstić information content (AvgIpc) is 2.93. The molecule has 0 spiro atoms.